The molecule has 0 aromatic heterocycles. The van der Waals surface area contributed by atoms with E-state index in [1.165, 1.54) is 6.07 Å². The lowest BCUT2D eigenvalue weighted by molar-refractivity contribution is -0.137. The molecule has 0 amide bonds. The zero-order chi connectivity index (χ0) is 11.4. The van der Waals surface area contributed by atoms with Crippen LogP contribution in [0.1, 0.15) is 23.5 Å². The maximum absolute atomic E-state index is 13.5. The molecule has 1 atom stereocenters. The largest absolute Gasteiger partial charge is 0.481 e. The van der Waals surface area contributed by atoms with Crippen molar-refractivity contribution in [1.82, 2.24) is 0 Å². The quantitative estimate of drug-likeness (QED) is 0.796. The molecule has 4 heteroatoms. The van der Waals surface area contributed by atoms with Crippen molar-refractivity contribution in [3.8, 4) is 0 Å². The molecule has 1 unspecified atom stereocenters. The Morgan fingerprint density at radius 3 is 2.73 bits per heavy atom. The zero-order valence-corrected chi connectivity index (χ0v) is 8.53. The number of nitrogens with two attached hydrogens (primary N) is 1. The molecule has 0 heterocycles. The van der Waals surface area contributed by atoms with E-state index in [1.54, 1.807) is 19.1 Å². The third kappa shape index (κ3) is 3.02. The third-order valence-electron chi connectivity index (χ3n) is 2.30. The predicted molar refractivity (Wildman–Crippen MR) is 55.2 cm³/mol. The fourth-order valence-corrected chi connectivity index (χ4v) is 1.49. The second kappa shape index (κ2) is 4.89. The van der Waals surface area contributed by atoms with E-state index in [4.69, 9.17) is 10.8 Å². The minimum absolute atomic E-state index is 0.131. The van der Waals surface area contributed by atoms with Gasteiger partial charge in [-0.15, -0.1) is 0 Å². The first-order chi connectivity index (χ1) is 7.04. The van der Waals surface area contributed by atoms with Crippen LogP contribution in [-0.4, -0.2) is 17.6 Å². The molecule has 1 rings (SSSR count). The highest BCUT2D eigenvalue weighted by atomic mass is 19.1. The number of rotatable bonds is 4. The van der Waals surface area contributed by atoms with Gasteiger partial charge in [0.1, 0.15) is 5.82 Å². The van der Waals surface area contributed by atoms with Crippen molar-refractivity contribution < 1.29 is 14.3 Å². The molecule has 0 saturated carbocycles. The van der Waals surface area contributed by atoms with E-state index < -0.39 is 11.9 Å². The fourth-order valence-electron chi connectivity index (χ4n) is 1.49. The first-order valence-electron chi connectivity index (χ1n) is 4.72. The summed E-state index contributed by atoms with van der Waals surface area (Å²) in [6.07, 6.45) is -0.142. The molecule has 0 fully saturated rings. The summed E-state index contributed by atoms with van der Waals surface area (Å²) >= 11 is 0. The number of carbonyl (C=O) groups is 1. The number of halogens is 1. The monoisotopic (exact) mass is 211 g/mol. The standard InChI is InChI=1S/C11H14FNO2/c1-7-2-3-9(10(12)4-7)8(6-13)5-11(14)15/h2-4,8H,5-6,13H2,1H3,(H,14,15). The molecular formula is C11H14FNO2. The van der Waals surface area contributed by atoms with Crippen LogP contribution in [0.5, 0.6) is 0 Å². The minimum atomic E-state index is -0.967. The Labute approximate surface area is 87.7 Å². The molecule has 1 aromatic carbocycles. The van der Waals surface area contributed by atoms with Crippen molar-refractivity contribution in [2.24, 2.45) is 5.73 Å². The Hall–Kier alpha value is -1.42. The van der Waals surface area contributed by atoms with Gasteiger partial charge in [-0.05, 0) is 30.7 Å². The Bertz CT molecular complexity index is 366. The smallest absolute Gasteiger partial charge is 0.304 e. The molecular weight excluding hydrogens is 197 g/mol. The number of benzene rings is 1. The van der Waals surface area contributed by atoms with Crippen LogP contribution in [0.4, 0.5) is 4.39 Å². The summed E-state index contributed by atoms with van der Waals surface area (Å²) < 4.78 is 13.5. The molecule has 0 saturated heterocycles. The van der Waals surface area contributed by atoms with E-state index in [1.807, 2.05) is 0 Å². The van der Waals surface area contributed by atoms with Crippen LogP contribution in [0.15, 0.2) is 18.2 Å². The lowest BCUT2D eigenvalue weighted by atomic mass is 9.94. The summed E-state index contributed by atoms with van der Waals surface area (Å²) in [5, 5.41) is 8.64. The van der Waals surface area contributed by atoms with Crippen LogP contribution in [-0.2, 0) is 4.79 Å². The fraction of sp³-hybridized carbons (Fsp3) is 0.364. The van der Waals surface area contributed by atoms with Gasteiger partial charge >= 0.3 is 5.97 Å². The summed E-state index contributed by atoms with van der Waals surface area (Å²) in [6.45, 7) is 1.91. The first kappa shape index (κ1) is 11.7. The molecule has 3 nitrogen and oxygen atoms in total. The van der Waals surface area contributed by atoms with E-state index in [2.05, 4.69) is 0 Å². The second-order valence-corrected chi connectivity index (χ2v) is 3.56. The van der Waals surface area contributed by atoms with Gasteiger partial charge in [0.2, 0.25) is 0 Å². The first-order valence-corrected chi connectivity index (χ1v) is 4.72. The Morgan fingerprint density at radius 1 is 1.60 bits per heavy atom. The lowest BCUT2D eigenvalue weighted by Crippen LogP contribution is -2.17. The molecule has 3 N–H and O–H groups in total. The molecule has 0 bridgehead atoms. The van der Waals surface area contributed by atoms with Crippen LogP contribution in [0, 0.1) is 12.7 Å². The average molecular weight is 211 g/mol. The third-order valence-corrected chi connectivity index (χ3v) is 2.30. The van der Waals surface area contributed by atoms with Crippen LogP contribution in [0.25, 0.3) is 0 Å². The van der Waals surface area contributed by atoms with Gasteiger partial charge in [-0.3, -0.25) is 4.79 Å². The topological polar surface area (TPSA) is 63.3 Å². The van der Waals surface area contributed by atoms with Gasteiger partial charge in [0.05, 0.1) is 6.42 Å². The van der Waals surface area contributed by atoms with Gasteiger partial charge in [0.25, 0.3) is 0 Å². The molecule has 1 aromatic rings. The van der Waals surface area contributed by atoms with Crippen LogP contribution >= 0.6 is 0 Å². The maximum atomic E-state index is 13.5. The van der Waals surface area contributed by atoms with Crippen molar-refractivity contribution in [2.45, 2.75) is 19.3 Å². The van der Waals surface area contributed by atoms with Crippen molar-refractivity contribution in [3.05, 3.63) is 35.1 Å². The lowest BCUT2D eigenvalue weighted by Gasteiger charge is -2.13. The van der Waals surface area contributed by atoms with Gasteiger partial charge in [-0.25, -0.2) is 4.39 Å². The van der Waals surface area contributed by atoms with Gasteiger partial charge in [-0.1, -0.05) is 12.1 Å². The van der Waals surface area contributed by atoms with E-state index in [-0.39, 0.29) is 18.8 Å². The number of carboxylic acid groups (broad SMARTS) is 1. The van der Waals surface area contributed by atoms with E-state index in [0.29, 0.717) is 5.56 Å². The van der Waals surface area contributed by atoms with Crippen molar-refractivity contribution in [1.29, 1.82) is 0 Å². The van der Waals surface area contributed by atoms with Gasteiger partial charge in [0, 0.05) is 5.92 Å². The molecule has 0 aliphatic heterocycles. The van der Waals surface area contributed by atoms with Gasteiger partial charge < -0.3 is 10.8 Å². The average Bonchev–Trinajstić information content (AvgIpc) is 2.14. The second-order valence-electron chi connectivity index (χ2n) is 3.56. The zero-order valence-electron chi connectivity index (χ0n) is 8.53. The van der Waals surface area contributed by atoms with E-state index >= 15 is 0 Å². The predicted octanol–water partition coefficient (Wildman–Crippen LogP) is 1.65. The normalized spacial score (nSPS) is 12.5. The Kier molecular flexibility index (Phi) is 3.80. The molecule has 0 spiro atoms. The molecule has 0 aliphatic carbocycles. The van der Waals surface area contributed by atoms with Crippen LogP contribution in [0.3, 0.4) is 0 Å². The summed E-state index contributed by atoms with van der Waals surface area (Å²) in [6, 6.07) is 4.74. The summed E-state index contributed by atoms with van der Waals surface area (Å²) in [7, 11) is 0. The number of hydrogen-bond donors (Lipinski definition) is 2. The highest BCUT2D eigenvalue weighted by molar-refractivity contribution is 5.68. The van der Waals surface area contributed by atoms with Gasteiger partial charge in [0.15, 0.2) is 0 Å². The highest BCUT2D eigenvalue weighted by Crippen LogP contribution is 2.22. The van der Waals surface area contributed by atoms with Crippen molar-refractivity contribution in [2.75, 3.05) is 6.54 Å². The number of carboxylic acids is 1. The van der Waals surface area contributed by atoms with Crippen molar-refractivity contribution >= 4 is 5.97 Å². The highest BCUT2D eigenvalue weighted by Gasteiger charge is 2.17. The Balaban J connectivity index is 2.96. The number of aryl methyl sites for hydroxylation is 1. The summed E-state index contributed by atoms with van der Waals surface area (Å²) in [5.74, 6) is -1.81. The maximum Gasteiger partial charge on any atom is 0.304 e. The van der Waals surface area contributed by atoms with Crippen molar-refractivity contribution in [3.63, 3.8) is 0 Å². The van der Waals surface area contributed by atoms with Gasteiger partial charge in [-0.2, -0.15) is 0 Å². The Morgan fingerprint density at radius 2 is 2.27 bits per heavy atom. The molecule has 0 aliphatic rings. The number of hydrogen-bond acceptors (Lipinski definition) is 2. The molecule has 0 radical (unpaired) electrons. The summed E-state index contributed by atoms with van der Waals surface area (Å²) in [5.41, 5.74) is 6.62. The summed E-state index contributed by atoms with van der Waals surface area (Å²) in [4.78, 5) is 10.5. The van der Waals surface area contributed by atoms with Crippen LogP contribution < -0.4 is 5.73 Å². The van der Waals surface area contributed by atoms with Crippen LogP contribution in [0.2, 0.25) is 0 Å². The molecule has 15 heavy (non-hydrogen) atoms. The minimum Gasteiger partial charge on any atom is -0.481 e. The van der Waals surface area contributed by atoms with E-state index in [0.717, 1.165) is 5.56 Å². The van der Waals surface area contributed by atoms with E-state index in [9.17, 15) is 9.18 Å². The molecule has 82 valence electrons. The number of aliphatic carboxylic acids is 1. The SMILES string of the molecule is Cc1ccc(C(CN)CC(=O)O)c(F)c1.